The predicted molar refractivity (Wildman–Crippen MR) is 132 cm³/mol. The van der Waals surface area contributed by atoms with Crippen LogP contribution in [0.25, 0.3) is 0 Å². The number of primary amides is 1. The third kappa shape index (κ3) is 7.06. The first-order valence-corrected chi connectivity index (χ1v) is 11.8. The zero-order valence-electron chi connectivity index (χ0n) is 20.0. The first-order valence-electron chi connectivity index (χ1n) is 11.8. The molecule has 0 heterocycles. The third-order valence-electron chi connectivity index (χ3n) is 6.24. The molecule has 6 nitrogen and oxygen atoms in total. The Morgan fingerprint density at radius 1 is 0.970 bits per heavy atom. The molecule has 0 aliphatic heterocycles. The van der Waals surface area contributed by atoms with Crippen LogP contribution in [0, 0.1) is 5.41 Å². The summed E-state index contributed by atoms with van der Waals surface area (Å²) in [5.41, 5.74) is 13.9. The van der Waals surface area contributed by atoms with Crippen LogP contribution in [0.4, 0.5) is 5.69 Å². The van der Waals surface area contributed by atoms with Crippen molar-refractivity contribution in [2.24, 2.45) is 16.9 Å². The van der Waals surface area contributed by atoms with Gasteiger partial charge in [0.15, 0.2) is 0 Å². The Labute approximate surface area is 197 Å². The average Bonchev–Trinajstić information content (AvgIpc) is 2.76. The van der Waals surface area contributed by atoms with E-state index in [9.17, 15) is 9.59 Å². The van der Waals surface area contributed by atoms with Gasteiger partial charge in [0.25, 0.3) is 0 Å². The highest BCUT2D eigenvalue weighted by Gasteiger charge is 2.37. The molecule has 1 saturated carbocycles. The number of rotatable bonds is 8. The quantitative estimate of drug-likeness (QED) is 0.554. The van der Waals surface area contributed by atoms with Crippen molar-refractivity contribution < 1.29 is 14.3 Å². The molecule has 0 radical (unpaired) electrons. The lowest BCUT2D eigenvalue weighted by atomic mass is 9.70. The molecule has 0 aromatic heterocycles. The zero-order valence-corrected chi connectivity index (χ0v) is 20.0. The topological polar surface area (TPSA) is 107 Å². The maximum atomic E-state index is 12.6. The predicted octanol–water partition coefficient (Wildman–Crippen LogP) is 4.35. The van der Waals surface area contributed by atoms with E-state index in [0.717, 1.165) is 49.0 Å². The van der Waals surface area contributed by atoms with Gasteiger partial charge >= 0.3 is 0 Å². The van der Waals surface area contributed by atoms with Gasteiger partial charge in [0, 0.05) is 5.69 Å². The number of anilines is 1. The number of nitrogens with one attached hydrogen (secondary N) is 1. The van der Waals surface area contributed by atoms with Crippen LogP contribution >= 0.6 is 0 Å². The van der Waals surface area contributed by atoms with Crippen LogP contribution in [-0.4, -0.2) is 23.5 Å². The molecule has 33 heavy (non-hydrogen) atoms. The monoisotopic (exact) mass is 451 g/mol. The molecule has 3 rings (SSSR count). The van der Waals surface area contributed by atoms with E-state index in [4.69, 9.17) is 16.2 Å². The van der Waals surface area contributed by atoms with E-state index in [1.165, 1.54) is 0 Å². The van der Waals surface area contributed by atoms with Gasteiger partial charge in [-0.05, 0) is 81.8 Å². The van der Waals surface area contributed by atoms with E-state index in [-0.39, 0.29) is 17.4 Å². The van der Waals surface area contributed by atoms with Gasteiger partial charge in [0.1, 0.15) is 11.4 Å². The lowest BCUT2D eigenvalue weighted by Crippen LogP contribution is -2.40. The van der Waals surface area contributed by atoms with Crippen LogP contribution in [0.2, 0.25) is 0 Å². The second-order valence-corrected chi connectivity index (χ2v) is 10.2. The van der Waals surface area contributed by atoms with E-state index < -0.39 is 11.5 Å². The first kappa shape index (κ1) is 24.8. The molecule has 178 valence electrons. The molecule has 1 fully saturated rings. The summed E-state index contributed by atoms with van der Waals surface area (Å²) in [6.45, 7) is 6.00. The molecule has 0 spiro atoms. The number of carbonyl (C=O) groups excluding carboxylic acids is 2. The van der Waals surface area contributed by atoms with Crippen LogP contribution in [-0.2, 0) is 22.4 Å². The molecule has 1 aliphatic rings. The van der Waals surface area contributed by atoms with Crippen molar-refractivity contribution in [1.82, 2.24) is 0 Å². The number of ether oxygens (including phenoxy) is 1. The summed E-state index contributed by atoms with van der Waals surface area (Å²) in [6, 6.07) is 14.6. The van der Waals surface area contributed by atoms with Gasteiger partial charge in [-0.2, -0.15) is 0 Å². The Bertz CT molecular complexity index is 940. The molecule has 6 heteroatoms. The van der Waals surface area contributed by atoms with Gasteiger partial charge in [-0.3, -0.25) is 9.59 Å². The fourth-order valence-corrected chi connectivity index (χ4v) is 4.46. The van der Waals surface area contributed by atoms with Crippen molar-refractivity contribution in [3.05, 3.63) is 59.7 Å². The van der Waals surface area contributed by atoms with Crippen molar-refractivity contribution in [3.63, 3.8) is 0 Å². The van der Waals surface area contributed by atoms with Crippen molar-refractivity contribution >= 4 is 17.5 Å². The summed E-state index contributed by atoms with van der Waals surface area (Å²) >= 11 is 0. The lowest BCUT2D eigenvalue weighted by Gasteiger charge is -2.34. The Kier molecular flexibility index (Phi) is 7.80. The smallest absolute Gasteiger partial charge is 0.241 e. The van der Waals surface area contributed by atoms with Gasteiger partial charge < -0.3 is 21.5 Å². The molecular weight excluding hydrogens is 414 g/mol. The summed E-state index contributed by atoms with van der Waals surface area (Å²) in [7, 11) is 0. The SMILES string of the molecule is CC(C)(C)Oc1ccc(CC(N)C(=O)Nc2ccc(CC3(C(N)=O)CCCCC3)cc2)cc1. The number of carbonyl (C=O) groups is 2. The van der Waals surface area contributed by atoms with Gasteiger partial charge in [0.05, 0.1) is 11.5 Å². The Morgan fingerprint density at radius 3 is 2.09 bits per heavy atom. The van der Waals surface area contributed by atoms with Crippen molar-refractivity contribution in [2.45, 2.75) is 77.4 Å². The summed E-state index contributed by atoms with van der Waals surface area (Å²) < 4.78 is 5.83. The Morgan fingerprint density at radius 2 is 1.55 bits per heavy atom. The summed E-state index contributed by atoms with van der Waals surface area (Å²) in [6.07, 6.45) is 6.02. The largest absolute Gasteiger partial charge is 0.488 e. The third-order valence-corrected chi connectivity index (χ3v) is 6.24. The van der Waals surface area contributed by atoms with E-state index in [1.807, 2.05) is 69.3 Å². The minimum atomic E-state index is -0.667. The minimum Gasteiger partial charge on any atom is -0.488 e. The maximum Gasteiger partial charge on any atom is 0.241 e. The Balaban J connectivity index is 1.55. The van der Waals surface area contributed by atoms with Gasteiger partial charge in [-0.15, -0.1) is 0 Å². The molecule has 1 atom stereocenters. The average molecular weight is 452 g/mol. The molecule has 5 N–H and O–H groups in total. The molecular formula is C27H37N3O3. The van der Waals surface area contributed by atoms with Crippen LogP contribution in [0.1, 0.15) is 64.0 Å². The maximum absolute atomic E-state index is 12.6. The van der Waals surface area contributed by atoms with Gasteiger partial charge in [-0.25, -0.2) is 0 Å². The van der Waals surface area contributed by atoms with Crippen LogP contribution < -0.4 is 21.5 Å². The first-order chi connectivity index (χ1) is 15.6. The van der Waals surface area contributed by atoms with E-state index in [0.29, 0.717) is 18.5 Å². The van der Waals surface area contributed by atoms with Gasteiger partial charge in [0.2, 0.25) is 11.8 Å². The van der Waals surface area contributed by atoms with Crippen LogP contribution in [0.5, 0.6) is 5.75 Å². The number of benzene rings is 2. The molecule has 1 unspecified atom stereocenters. The lowest BCUT2D eigenvalue weighted by molar-refractivity contribution is -0.129. The highest BCUT2D eigenvalue weighted by atomic mass is 16.5. The van der Waals surface area contributed by atoms with Crippen molar-refractivity contribution in [2.75, 3.05) is 5.32 Å². The standard InChI is InChI=1S/C27H37N3O3/c1-26(2,3)33-22-13-9-19(10-14-22)17-23(28)24(31)30-21-11-7-20(8-12-21)18-27(25(29)32)15-5-4-6-16-27/h7-14,23H,4-6,15-18,28H2,1-3H3,(H2,29,32)(H,30,31). The number of amides is 2. The summed E-state index contributed by atoms with van der Waals surface area (Å²) in [4.78, 5) is 24.7. The van der Waals surface area contributed by atoms with Crippen LogP contribution in [0.15, 0.2) is 48.5 Å². The zero-order chi connectivity index (χ0) is 24.1. The van der Waals surface area contributed by atoms with Crippen molar-refractivity contribution in [3.8, 4) is 5.75 Å². The van der Waals surface area contributed by atoms with Crippen molar-refractivity contribution in [1.29, 1.82) is 0 Å². The highest BCUT2D eigenvalue weighted by Crippen LogP contribution is 2.39. The normalized spacial score (nSPS) is 16.6. The number of nitrogens with two attached hydrogens (primary N) is 2. The molecule has 0 bridgehead atoms. The van der Waals surface area contributed by atoms with E-state index in [2.05, 4.69) is 5.32 Å². The molecule has 2 aromatic rings. The van der Waals surface area contributed by atoms with E-state index in [1.54, 1.807) is 0 Å². The number of hydrogen-bond acceptors (Lipinski definition) is 4. The second-order valence-electron chi connectivity index (χ2n) is 10.2. The molecule has 1 aliphatic carbocycles. The highest BCUT2D eigenvalue weighted by molar-refractivity contribution is 5.94. The summed E-state index contributed by atoms with van der Waals surface area (Å²) in [5, 5.41) is 2.89. The Hall–Kier alpha value is -2.86. The van der Waals surface area contributed by atoms with E-state index >= 15 is 0 Å². The van der Waals surface area contributed by atoms with Gasteiger partial charge in [-0.1, -0.05) is 43.5 Å². The fraction of sp³-hybridized carbons (Fsp3) is 0.481. The second kappa shape index (κ2) is 10.4. The van der Waals surface area contributed by atoms with Crippen LogP contribution in [0.3, 0.4) is 0 Å². The fourth-order valence-electron chi connectivity index (χ4n) is 4.46. The molecule has 2 amide bonds. The molecule has 2 aromatic carbocycles. The molecule has 0 saturated heterocycles. The summed E-state index contributed by atoms with van der Waals surface area (Å²) in [5.74, 6) is 0.345. The minimum absolute atomic E-state index is 0.205. The number of hydrogen-bond donors (Lipinski definition) is 3.